The molecule has 0 bridgehead atoms. The number of piperidine rings is 1. The van der Waals surface area contributed by atoms with Crippen LogP contribution in [0, 0.1) is 5.92 Å². The number of carbonyl (C=O) groups excluding carboxylic acids is 1. The fourth-order valence-corrected chi connectivity index (χ4v) is 2.82. The molecule has 0 aromatic heterocycles. The highest BCUT2D eigenvalue weighted by atomic mass is 16.2. The summed E-state index contributed by atoms with van der Waals surface area (Å²) >= 11 is 0. The Hall–Kier alpha value is -1.71. The molecule has 2 rings (SSSR count). The normalized spacial score (nSPS) is 16.2. The molecule has 1 aliphatic heterocycles. The van der Waals surface area contributed by atoms with Crippen LogP contribution in [0.3, 0.4) is 0 Å². The molecular formula is C16H25N3O. The van der Waals surface area contributed by atoms with Gasteiger partial charge in [-0.05, 0) is 37.0 Å². The van der Waals surface area contributed by atoms with Crippen LogP contribution >= 0.6 is 0 Å². The molecule has 1 aromatic rings. The molecule has 0 saturated carbocycles. The Morgan fingerprint density at radius 1 is 1.35 bits per heavy atom. The number of anilines is 2. The van der Waals surface area contributed by atoms with Crippen LogP contribution in [0.2, 0.25) is 0 Å². The van der Waals surface area contributed by atoms with Crippen molar-refractivity contribution in [3.05, 3.63) is 23.8 Å². The number of nitrogen functional groups attached to an aromatic ring is 1. The zero-order valence-electron chi connectivity index (χ0n) is 12.7. The molecule has 0 radical (unpaired) electrons. The van der Waals surface area contributed by atoms with Gasteiger partial charge >= 0.3 is 0 Å². The third-order valence-corrected chi connectivity index (χ3v) is 4.24. The lowest BCUT2D eigenvalue weighted by Crippen LogP contribution is -2.38. The first-order chi connectivity index (χ1) is 9.52. The standard InChI is InChI=1S/C16H25N3O/c1-4-12-7-9-19(10-8-12)16(20)13-5-6-15(18(2)3)14(17)11-13/h5-6,11-12H,4,7-10,17H2,1-3H3. The van der Waals surface area contributed by atoms with Crippen LogP contribution in [0.4, 0.5) is 11.4 Å². The summed E-state index contributed by atoms with van der Waals surface area (Å²) in [5, 5.41) is 0. The van der Waals surface area contributed by atoms with Crippen molar-refractivity contribution in [3.63, 3.8) is 0 Å². The van der Waals surface area contributed by atoms with Gasteiger partial charge in [0.15, 0.2) is 0 Å². The van der Waals surface area contributed by atoms with Gasteiger partial charge in [-0.2, -0.15) is 0 Å². The van der Waals surface area contributed by atoms with Crippen molar-refractivity contribution in [3.8, 4) is 0 Å². The second-order valence-corrected chi connectivity index (χ2v) is 5.81. The minimum Gasteiger partial charge on any atom is -0.397 e. The predicted octanol–water partition coefficient (Wildman–Crippen LogP) is 2.60. The fraction of sp³-hybridized carbons (Fsp3) is 0.562. The van der Waals surface area contributed by atoms with Gasteiger partial charge in [-0.3, -0.25) is 4.79 Å². The van der Waals surface area contributed by atoms with Gasteiger partial charge in [0, 0.05) is 32.7 Å². The summed E-state index contributed by atoms with van der Waals surface area (Å²) in [7, 11) is 3.89. The number of amides is 1. The number of benzene rings is 1. The number of hydrogen-bond donors (Lipinski definition) is 1. The Labute approximate surface area is 121 Å². The number of carbonyl (C=O) groups is 1. The molecule has 0 aliphatic carbocycles. The van der Waals surface area contributed by atoms with Gasteiger partial charge in [0.1, 0.15) is 0 Å². The van der Waals surface area contributed by atoms with E-state index in [9.17, 15) is 4.79 Å². The molecule has 4 heteroatoms. The van der Waals surface area contributed by atoms with E-state index in [1.54, 1.807) is 6.07 Å². The van der Waals surface area contributed by atoms with E-state index in [2.05, 4.69) is 6.92 Å². The molecule has 110 valence electrons. The molecule has 1 saturated heterocycles. The second-order valence-electron chi connectivity index (χ2n) is 5.81. The Morgan fingerprint density at radius 3 is 2.50 bits per heavy atom. The largest absolute Gasteiger partial charge is 0.397 e. The number of likely N-dealkylation sites (tertiary alicyclic amines) is 1. The molecule has 1 fully saturated rings. The van der Waals surface area contributed by atoms with Gasteiger partial charge in [0.2, 0.25) is 0 Å². The summed E-state index contributed by atoms with van der Waals surface area (Å²) in [6, 6.07) is 5.59. The maximum atomic E-state index is 12.5. The van der Waals surface area contributed by atoms with E-state index < -0.39 is 0 Å². The van der Waals surface area contributed by atoms with Gasteiger partial charge in [0.05, 0.1) is 11.4 Å². The monoisotopic (exact) mass is 275 g/mol. The average molecular weight is 275 g/mol. The quantitative estimate of drug-likeness (QED) is 0.863. The predicted molar refractivity (Wildman–Crippen MR) is 84.1 cm³/mol. The topological polar surface area (TPSA) is 49.6 Å². The van der Waals surface area contributed by atoms with Crippen molar-refractivity contribution in [2.75, 3.05) is 37.8 Å². The molecule has 0 atom stereocenters. The molecule has 2 N–H and O–H groups in total. The lowest BCUT2D eigenvalue weighted by Gasteiger charge is -2.31. The summed E-state index contributed by atoms with van der Waals surface area (Å²) in [5.74, 6) is 0.886. The van der Waals surface area contributed by atoms with Crippen molar-refractivity contribution < 1.29 is 4.79 Å². The van der Waals surface area contributed by atoms with Gasteiger partial charge in [-0.25, -0.2) is 0 Å². The molecule has 1 heterocycles. The third kappa shape index (κ3) is 3.06. The SMILES string of the molecule is CCC1CCN(C(=O)c2ccc(N(C)C)c(N)c2)CC1. The Kier molecular flexibility index (Phi) is 4.53. The molecule has 1 aromatic carbocycles. The highest BCUT2D eigenvalue weighted by Gasteiger charge is 2.23. The van der Waals surface area contributed by atoms with E-state index in [1.807, 2.05) is 36.0 Å². The highest BCUT2D eigenvalue weighted by molar-refractivity contribution is 5.96. The van der Waals surface area contributed by atoms with E-state index in [4.69, 9.17) is 5.73 Å². The van der Waals surface area contributed by atoms with Crippen LogP contribution < -0.4 is 10.6 Å². The third-order valence-electron chi connectivity index (χ3n) is 4.24. The maximum absolute atomic E-state index is 12.5. The van der Waals surface area contributed by atoms with Crippen molar-refractivity contribution in [1.29, 1.82) is 0 Å². The molecule has 1 amide bonds. The molecule has 0 spiro atoms. The minimum absolute atomic E-state index is 0.108. The molecule has 4 nitrogen and oxygen atoms in total. The van der Waals surface area contributed by atoms with Crippen molar-refractivity contribution >= 4 is 17.3 Å². The Balaban J connectivity index is 2.08. The van der Waals surface area contributed by atoms with Crippen LogP contribution in [0.1, 0.15) is 36.5 Å². The number of nitrogens with zero attached hydrogens (tertiary/aromatic N) is 2. The summed E-state index contributed by atoms with van der Waals surface area (Å²) in [6.45, 7) is 3.96. The molecule has 20 heavy (non-hydrogen) atoms. The highest BCUT2D eigenvalue weighted by Crippen LogP contribution is 2.25. The van der Waals surface area contributed by atoms with Crippen LogP contribution in [0.15, 0.2) is 18.2 Å². The zero-order valence-corrected chi connectivity index (χ0v) is 12.7. The first-order valence-corrected chi connectivity index (χ1v) is 7.39. The van der Waals surface area contributed by atoms with E-state index in [1.165, 1.54) is 6.42 Å². The lowest BCUT2D eigenvalue weighted by atomic mass is 9.94. The fourth-order valence-electron chi connectivity index (χ4n) is 2.82. The van der Waals surface area contributed by atoms with Gasteiger partial charge in [-0.15, -0.1) is 0 Å². The molecule has 0 unspecified atom stereocenters. The van der Waals surface area contributed by atoms with E-state index in [-0.39, 0.29) is 5.91 Å². The van der Waals surface area contributed by atoms with E-state index in [0.717, 1.165) is 37.5 Å². The number of hydrogen-bond acceptors (Lipinski definition) is 3. The Morgan fingerprint density at radius 2 is 2.00 bits per heavy atom. The zero-order chi connectivity index (χ0) is 14.7. The van der Waals surface area contributed by atoms with Crippen molar-refractivity contribution in [2.24, 2.45) is 5.92 Å². The van der Waals surface area contributed by atoms with Crippen LogP contribution in [-0.4, -0.2) is 38.0 Å². The summed E-state index contributed by atoms with van der Waals surface area (Å²) in [4.78, 5) is 16.4. The minimum atomic E-state index is 0.108. The first-order valence-electron chi connectivity index (χ1n) is 7.39. The summed E-state index contributed by atoms with van der Waals surface area (Å²) in [5.41, 5.74) is 8.33. The average Bonchev–Trinajstić information content (AvgIpc) is 2.46. The second kappa shape index (κ2) is 6.16. The van der Waals surface area contributed by atoms with E-state index >= 15 is 0 Å². The van der Waals surface area contributed by atoms with Crippen LogP contribution in [0.25, 0.3) is 0 Å². The summed E-state index contributed by atoms with van der Waals surface area (Å²) in [6.07, 6.45) is 3.45. The van der Waals surface area contributed by atoms with E-state index in [0.29, 0.717) is 11.3 Å². The summed E-state index contributed by atoms with van der Waals surface area (Å²) < 4.78 is 0. The van der Waals surface area contributed by atoms with Crippen molar-refractivity contribution in [1.82, 2.24) is 4.90 Å². The molecular weight excluding hydrogens is 250 g/mol. The van der Waals surface area contributed by atoms with Gasteiger partial charge in [-0.1, -0.05) is 13.3 Å². The lowest BCUT2D eigenvalue weighted by molar-refractivity contribution is 0.0689. The van der Waals surface area contributed by atoms with Crippen LogP contribution in [0.5, 0.6) is 0 Å². The van der Waals surface area contributed by atoms with Crippen molar-refractivity contribution in [2.45, 2.75) is 26.2 Å². The maximum Gasteiger partial charge on any atom is 0.253 e. The first kappa shape index (κ1) is 14.7. The number of rotatable bonds is 3. The molecule has 1 aliphatic rings. The van der Waals surface area contributed by atoms with Gasteiger partial charge in [0.25, 0.3) is 5.91 Å². The Bertz CT molecular complexity index is 477. The number of nitrogens with two attached hydrogens (primary N) is 1. The van der Waals surface area contributed by atoms with Crippen LogP contribution in [-0.2, 0) is 0 Å². The van der Waals surface area contributed by atoms with Gasteiger partial charge < -0.3 is 15.5 Å². The smallest absolute Gasteiger partial charge is 0.253 e.